The van der Waals surface area contributed by atoms with E-state index in [1.54, 1.807) is 29.2 Å². The Morgan fingerprint density at radius 2 is 1.86 bits per heavy atom. The van der Waals surface area contributed by atoms with Crippen molar-refractivity contribution in [3.05, 3.63) is 29.8 Å². The van der Waals surface area contributed by atoms with Crippen LogP contribution in [0.15, 0.2) is 24.3 Å². The molecule has 0 bridgehead atoms. The van der Waals surface area contributed by atoms with Crippen LogP contribution in [-0.4, -0.2) is 55.8 Å². The Morgan fingerprint density at radius 1 is 1.23 bits per heavy atom. The molecule has 1 heterocycles. The largest absolute Gasteiger partial charge is 0.496 e. The number of hydrogen-bond donors (Lipinski definition) is 0. The fraction of sp³-hybridized carbons (Fsp3) is 0.500. The van der Waals surface area contributed by atoms with Crippen LogP contribution in [0.4, 0.5) is 0 Å². The van der Waals surface area contributed by atoms with Crippen LogP contribution in [0, 0.1) is 0 Å². The number of nitrogens with zero attached hydrogens (tertiary/aromatic N) is 1. The number of ether oxygens (including phenoxy) is 3. The second-order valence-electron chi connectivity index (χ2n) is 5.33. The number of rotatable bonds is 4. The molecule has 1 aliphatic rings. The fourth-order valence-corrected chi connectivity index (χ4v) is 2.49. The molecular weight excluding hydrogens is 286 g/mol. The summed E-state index contributed by atoms with van der Waals surface area (Å²) in [5.41, 5.74) is 0.307. The van der Waals surface area contributed by atoms with Gasteiger partial charge in [-0.25, -0.2) is 4.79 Å². The number of carbonyl (C=O) groups is 2. The van der Waals surface area contributed by atoms with Crippen LogP contribution in [0.25, 0.3) is 0 Å². The van der Waals surface area contributed by atoms with Crippen LogP contribution in [0.3, 0.4) is 0 Å². The average molecular weight is 307 g/mol. The van der Waals surface area contributed by atoms with E-state index in [1.165, 1.54) is 7.11 Å². The lowest BCUT2D eigenvalue weighted by atomic mass is 10.2. The summed E-state index contributed by atoms with van der Waals surface area (Å²) in [7, 11) is 1.48. The highest BCUT2D eigenvalue weighted by atomic mass is 16.5. The number of hydrogen-bond acceptors (Lipinski definition) is 5. The van der Waals surface area contributed by atoms with Crippen LogP contribution in [-0.2, 0) is 14.3 Å². The Hall–Kier alpha value is -2.08. The van der Waals surface area contributed by atoms with Crippen LogP contribution in [0.2, 0.25) is 0 Å². The molecule has 1 aliphatic heterocycles. The molecule has 0 aliphatic carbocycles. The first kappa shape index (κ1) is 16.3. The van der Waals surface area contributed by atoms with Gasteiger partial charge in [-0.15, -0.1) is 0 Å². The van der Waals surface area contributed by atoms with Crippen LogP contribution >= 0.6 is 0 Å². The fourth-order valence-electron chi connectivity index (χ4n) is 2.49. The molecule has 1 amide bonds. The van der Waals surface area contributed by atoms with Crippen molar-refractivity contribution in [1.82, 2.24) is 4.90 Å². The molecule has 22 heavy (non-hydrogen) atoms. The molecule has 2 atom stereocenters. The summed E-state index contributed by atoms with van der Waals surface area (Å²) in [4.78, 5) is 25.8. The smallest absolute Gasteiger partial charge is 0.342 e. The number of morpholine rings is 1. The van der Waals surface area contributed by atoms with E-state index in [4.69, 9.17) is 14.2 Å². The molecule has 6 nitrogen and oxygen atoms in total. The van der Waals surface area contributed by atoms with Crippen molar-refractivity contribution in [2.75, 3.05) is 26.8 Å². The molecule has 1 fully saturated rings. The minimum absolute atomic E-state index is 0.0161. The molecule has 2 unspecified atom stereocenters. The Kier molecular flexibility index (Phi) is 5.38. The third-order valence-corrected chi connectivity index (χ3v) is 3.43. The van der Waals surface area contributed by atoms with Gasteiger partial charge in [0.25, 0.3) is 5.91 Å². The van der Waals surface area contributed by atoms with Crippen molar-refractivity contribution < 1.29 is 23.8 Å². The minimum Gasteiger partial charge on any atom is -0.496 e. The molecule has 0 spiro atoms. The first-order chi connectivity index (χ1) is 10.5. The molecule has 1 saturated heterocycles. The van der Waals surface area contributed by atoms with Crippen molar-refractivity contribution >= 4 is 11.9 Å². The highest BCUT2D eigenvalue weighted by Crippen LogP contribution is 2.18. The van der Waals surface area contributed by atoms with Crippen molar-refractivity contribution in [1.29, 1.82) is 0 Å². The first-order valence-electron chi connectivity index (χ1n) is 7.24. The molecule has 2 rings (SSSR count). The van der Waals surface area contributed by atoms with Gasteiger partial charge in [0.05, 0.1) is 19.3 Å². The van der Waals surface area contributed by atoms with Gasteiger partial charge in [-0.3, -0.25) is 4.79 Å². The summed E-state index contributed by atoms with van der Waals surface area (Å²) in [6.45, 7) is 4.56. The summed E-state index contributed by atoms with van der Waals surface area (Å²) in [5.74, 6) is -0.362. The molecule has 6 heteroatoms. The maximum Gasteiger partial charge on any atom is 0.342 e. The number of benzene rings is 1. The SMILES string of the molecule is COc1ccccc1C(=O)OCC(=O)N1CC(C)OC(C)C1. The number of para-hydroxylation sites is 1. The van der Waals surface area contributed by atoms with Crippen LogP contribution in [0.1, 0.15) is 24.2 Å². The van der Waals surface area contributed by atoms with Gasteiger partial charge in [0.15, 0.2) is 6.61 Å². The number of methoxy groups -OCH3 is 1. The number of esters is 1. The lowest BCUT2D eigenvalue weighted by molar-refractivity contribution is -0.146. The highest BCUT2D eigenvalue weighted by Gasteiger charge is 2.26. The number of amides is 1. The van der Waals surface area contributed by atoms with Crippen molar-refractivity contribution in [3.8, 4) is 5.75 Å². The lowest BCUT2D eigenvalue weighted by Gasteiger charge is -2.35. The summed E-state index contributed by atoms with van der Waals surface area (Å²) < 4.78 is 15.8. The molecule has 1 aromatic rings. The standard InChI is InChI=1S/C16H21NO5/c1-11-8-17(9-12(2)22-11)15(18)10-21-16(19)13-6-4-5-7-14(13)20-3/h4-7,11-12H,8-10H2,1-3H3. The Morgan fingerprint density at radius 3 is 2.50 bits per heavy atom. The molecular formula is C16H21NO5. The van der Waals surface area contributed by atoms with Gasteiger partial charge in [0.2, 0.25) is 0 Å². The lowest BCUT2D eigenvalue weighted by Crippen LogP contribution is -2.49. The second kappa shape index (κ2) is 7.26. The van der Waals surface area contributed by atoms with Gasteiger partial charge in [0.1, 0.15) is 11.3 Å². The van der Waals surface area contributed by atoms with E-state index in [0.29, 0.717) is 24.4 Å². The average Bonchev–Trinajstić information content (AvgIpc) is 2.51. The van der Waals surface area contributed by atoms with Gasteiger partial charge in [-0.1, -0.05) is 12.1 Å². The minimum atomic E-state index is -0.569. The van der Waals surface area contributed by atoms with Gasteiger partial charge >= 0.3 is 5.97 Å². The zero-order valence-corrected chi connectivity index (χ0v) is 13.1. The van der Waals surface area contributed by atoms with Gasteiger partial charge in [-0.05, 0) is 26.0 Å². The van der Waals surface area contributed by atoms with Gasteiger partial charge < -0.3 is 19.1 Å². The molecule has 0 aromatic heterocycles. The Balaban J connectivity index is 1.92. The second-order valence-corrected chi connectivity index (χ2v) is 5.33. The maximum atomic E-state index is 12.1. The zero-order chi connectivity index (χ0) is 16.1. The quantitative estimate of drug-likeness (QED) is 0.789. The Bertz CT molecular complexity index is 535. The van der Waals surface area contributed by atoms with Crippen LogP contribution in [0.5, 0.6) is 5.75 Å². The third kappa shape index (κ3) is 3.98. The molecule has 120 valence electrons. The van der Waals surface area contributed by atoms with E-state index < -0.39 is 5.97 Å². The van der Waals surface area contributed by atoms with Gasteiger partial charge in [-0.2, -0.15) is 0 Å². The zero-order valence-electron chi connectivity index (χ0n) is 13.1. The van der Waals surface area contributed by atoms with Crippen LogP contribution < -0.4 is 4.74 Å². The summed E-state index contributed by atoms with van der Waals surface area (Å²) in [5, 5.41) is 0. The van der Waals surface area contributed by atoms with Crippen molar-refractivity contribution in [3.63, 3.8) is 0 Å². The summed E-state index contributed by atoms with van der Waals surface area (Å²) >= 11 is 0. The normalized spacial score (nSPS) is 21.3. The topological polar surface area (TPSA) is 65.1 Å². The molecule has 1 aromatic carbocycles. The monoisotopic (exact) mass is 307 g/mol. The van der Waals surface area contributed by atoms with E-state index in [0.717, 1.165) is 0 Å². The predicted molar refractivity (Wildman–Crippen MR) is 79.9 cm³/mol. The van der Waals surface area contributed by atoms with Crippen molar-refractivity contribution in [2.24, 2.45) is 0 Å². The highest BCUT2D eigenvalue weighted by molar-refractivity contribution is 5.94. The van der Waals surface area contributed by atoms with E-state index >= 15 is 0 Å². The van der Waals surface area contributed by atoms with Gasteiger partial charge in [0, 0.05) is 13.1 Å². The number of carbonyl (C=O) groups excluding carboxylic acids is 2. The molecule has 0 radical (unpaired) electrons. The predicted octanol–water partition coefficient (Wildman–Crippen LogP) is 1.49. The van der Waals surface area contributed by atoms with E-state index in [2.05, 4.69) is 0 Å². The molecule has 0 saturated carbocycles. The Labute approximate surface area is 129 Å². The molecule has 0 N–H and O–H groups in total. The van der Waals surface area contributed by atoms with E-state index in [1.807, 2.05) is 13.8 Å². The third-order valence-electron chi connectivity index (χ3n) is 3.43. The first-order valence-corrected chi connectivity index (χ1v) is 7.24. The summed E-state index contributed by atoms with van der Waals surface area (Å²) in [6, 6.07) is 6.75. The maximum absolute atomic E-state index is 12.1. The summed E-state index contributed by atoms with van der Waals surface area (Å²) in [6.07, 6.45) is -0.0322. The van der Waals surface area contributed by atoms with E-state index in [9.17, 15) is 9.59 Å². The van der Waals surface area contributed by atoms with Crippen molar-refractivity contribution in [2.45, 2.75) is 26.1 Å². The van der Waals surface area contributed by atoms with E-state index in [-0.39, 0.29) is 24.7 Å².